The fourth-order valence-corrected chi connectivity index (χ4v) is 5.78. The van der Waals surface area contributed by atoms with Gasteiger partial charge in [-0.05, 0) is 43.9 Å². The highest BCUT2D eigenvalue weighted by molar-refractivity contribution is 7.90. The maximum Gasteiger partial charge on any atom is 0.271 e. The highest BCUT2D eigenvalue weighted by Crippen LogP contribution is 2.50. The molecule has 2 heterocycles. The lowest BCUT2D eigenvalue weighted by atomic mass is 9.59. The van der Waals surface area contributed by atoms with Crippen LogP contribution in [0.1, 0.15) is 49.0 Å². The van der Waals surface area contributed by atoms with Gasteiger partial charge in [-0.25, -0.2) is 17.7 Å². The van der Waals surface area contributed by atoms with E-state index in [1.165, 1.54) is 18.6 Å². The minimum Gasteiger partial charge on any atom is -0.347 e. The number of rotatable bonds is 4. The summed E-state index contributed by atoms with van der Waals surface area (Å²) in [7, 11) is -3.08. The van der Waals surface area contributed by atoms with Gasteiger partial charge in [-0.15, -0.1) is 0 Å². The molecule has 8 heteroatoms. The third-order valence-electron chi connectivity index (χ3n) is 5.79. The quantitative estimate of drug-likeness (QED) is 0.872. The van der Waals surface area contributed by atoms with E-state index in [1.807, 2.05) is 0 Å². The minimum absolute atomic E-state index is 0.0490. The van der Waals surface area contributed by atoms with E-state index in [1.54, 1.807) is 4.31 Å². The van der Waals surface area contributed by atoms with Gasteiger partial charge in [0.15, 0.2) is 0 Å². The second kappa shape index (κ2) is 5.77. The van der Waals surface area contributed by atoms with E-state index < -0.39 is 10.0 Å². The average molecular weight is 350 g/mol. The van der Waals surface area contributed by atoms with Gasteiger partial charge in [0, 0.05) is 31.5 Å². The van der Waals surface area contributed by atoms with Gasteiger partial charge in [-0.3, -0.25) is 9.78 Å². The molecule has 7 nitrogen and oxygen atoms in total. The van der Waals surface area contributed by atoms with E-state index in [4.69, 9.17) is 0 Å². The van der Waals surface area contributed by atoms with Crippen LogP contribution in [0.4, 0.5) is 0 Å². The molecule has 3 fully saturated rings. The van der Waals surface area contributed by atoms with Gasteiger partial charge in [0.05, 0.1) is 11.4 Å². The summed E-state index contributed by atoms with van der Waals surface area (Å²) >= 11 is 0. The molecule has 24 heavy (non-hydrogen) atoms. The molecule has 130 valence electrons. The molecule has 0 radical (unpaired) electrons. The van der Waals surface area contributed by atoms with Gasteiger partial charge in [0.1, 0.15) is 5.69 Å². The highest BCUT2D eigenvalue weighted by atomic mass is 32.2. The summed E-state index contributed by atoms with van der Waals surface area (Å²) in [5.41, 5.74) is 0.376. The smallest absolute Gasteiger partial charge is 0.271 e. The van der Waals surface area contributed by atoms with Crippen molar-refractivity contribution in [3.8, 4) is 0 Å². The zero-order valence-corrected chi connectivity index (χ0v) is 14.3. The molecule has 3 aliphatic rings. The van der Waals surface area contributed by atoms with E-state index in [2.05, 4.69) is 15.3 Å². The first-order chi connectivity index (χ1) is 11.5. The summed E-state index contributed by atoms with van der Waals surface area (Å²) in [6.45, 7) is 1.16. The van der Waals surface area contributed by atoms with Crippen LogP contribution in [-0.4, -0.2) is 53.0 Å². The van der Waals surface area contributed by atoms with Crippen molar-refractivity contribution in [2.45, 2.75) is 49.8 Å². The Morgan fingerprint density at radius 3 is 2.46 bits per heavy atom. The highest BCUT2D eigenvalue weighted by Gasteiger charge is 2.51. The Labute approximate surface area is 141 Å². The van der Waals surface area contributed by atoms with Crippen molar-refractivity contribution >= 4 is 15.9 Å². The fraction of sp³-hybridized carbons (Fsp3) is 0.688. The number of amides is 1. The van der Waals surface area contributed by atoms with Crippen LogP contribution in [0, 0.1) is 5.41 Å². The van der Waals surface area contributed by atoms with E-state index in [-0.39, 0.29) is 22.6 Å². The Bertz CT molecular complexity index is 725. The zero-order valence-electron chi connectivity index (χ0n) is 13.5. The predicted molar refractivity (Wildman–Crippen MR) is 87.7 cm³/mol. The van der Waals surface area contributed by atoms with E-state index in [9.17, 15) is 13.2 Å². The normalized spacial score (nSPS) is 26.8. The monoisotopic (exact) mass is 350 g/mol. The number of carbonyl (C=O) groups is 1. The molecule has 1 atom stereocenters. The first-order valence-electron chi connectivity index (χ1n) is 8.57. The molecule has 4 rings (SSSR count). The average Bonchev–Trinajstić information content (AvgIpc) is 3.45. The van der Waals surface area contributed by atoms with Crippen molar-refractivity contribution in [1.29, 1.82) is 0 Å². The number of piperidine rings is 1. The summed E-state index contributed by atoms with van der Waals surface area (Å²) in [4.78, 5) is 20.2. The fourth-order valence-electron chi connectivity index (χ4n) is 3.93. The van der Waals surface area contributed by atoms with Crippen molar-refractivity contribution in [2.75, 3.05) is 13.1 Å². The Morgan fingerprint density at radius 1 is 1.17 bits per heavy atom. The minimum atomic E-state index is -3.08. The molecule has 2 saturated carbocycles. The number of carbonyl (C=O) groups excluding carboxylic acids is 1. The molecule has 1 aromatic heterocycles. The van der Waals surface area contributed by atoms with Crippen LogP contribution in [0.2, 0.25) is 0 Å². The van der Waals surface area contributed by atoms with Crippen molar-refractivity contribution in [2.24, 2.45) is 5.41 Å². The maximum atomic E-state index is 12.4. The summed E-state index contributed by atoms with van der Waals surface area (Å²) in [5.74, 6) is -0.194. The van der Waals surface area contributed by atoms with Gasteiger partial charge >= 0.3 is 0 Å². The van der Waals surface area contributed by atoms with Gasteiger partial charge in [-0.2, -0.15) is 0 Å². The largest absolute Gasteiger partial charge is 0.347 e. The van der Waals surface area contributed by atoms with E-state index >= 15 is 0 Å². The summed E-state index contributed by atoms with van der Waals surface area (Å²) in [5, 5.41) is 2.93. The SMILES string of the molecule is O=C(N[C@H]1CCC12CCN(S(=O)(=O)C1CC1)CC2)c1cnccn1. The molecule has 1 spiro atoms. The first kappa shape index (κ1) is 16.0. The summed E-state index contributed by atoms with van der Waals surface area (Å²) in [6, 6.07) is 0.109. The van der Waals surface area contributed by atoms with Crippen LogP contribution < -0.4 is 5.32 Å². The van der Waals surface area contributed by atoms with Gasteiger partial charge < -0.3 is 5.32 Å². The maximum absolute atomic E-state index is 12.4. The molecule has 1 aromatic rings. The molecule has 1 amide bonds. The lowest BCUT2D eigenvalue weighted by Crippen LogP contribution is -2.59. The van der Waals surface area contributed by atoms with Gasteiger partial charge in [0.2, 0.25) is 10.0 Å². The molecule has 1 saturated heterocycles. The Hall–Kier alpha value is -1.54. The number of sulfonamides is 1. The molecule has 1 aliphatic heterocycles. The second-order valence-electron chi connectivity index (χ2n) is 7.16. The zero-order chi connectivity index (χ0) is 16.8. The standard InChI is InChI=1S/C16H22N4O3S/c21-15(13-11-17-7-8-18-13)19-14-3-4-16(14)5-9-20(10-6-16)24(22,23)12-1-2-12/h7-8,11-12,14H,1-6,9-10H2,(H,19,21)/t14-/m0/s1. The Kier molecular flexibility index (Phi) is 3.84. The van der Waals surface area contributed by atoms with Crippen LogP contribution in [0.15, 0.2) is 18.6 Å². The number of nitrogens with zero attached hydrogens (tertiary/aromatic N) is 3. The van der Waals surface area contributed by atoms with Crippen LogP contribution in [-0.2, 0) is 10.0 Å². The molecule has 0 aromatic carbocycles. The second-order valence-corrected chi connectivity index (χ2v) is 9.37. The van der Waals surface area contributed by atoms with Gasteiger partial charge in [-0.1, -0.05) is 0 Å². The molecular weight excluding hydrogens is 328 g/mol. The van der Waals surface area contributed by atoms with Crippen LogP contribution in [0.5, 0.6) is 0 Å². The van der Waals surface area contributed by atoms with Crippen LogP contribution in [0.3, 0.4) is 0 Å². The lowest BCUT2D eigenvalue weighted by Gasteiger charge is -2.53. The number of aromatic nitrogens is 2. The lowest BCUT2D eigenvalue weighted by molar-refractivity contribution is 0.0124. The topological polar surface area (TPSA) is 92.3 Å². The van der Waals surface area contributed by atoms with E-state index in [0.717, 1.165) is 38.5 Å². The van der Waals surface area contributed by atoms with Crippen LogP contribution in [0.25, 0.3) is 0 Å². The van der Waals surface area contributed by atoms with E-state index in [0.29, 0.717) is 18.8 Å². The third kappa shape index (κ3) is 2.71. The third-order valence-corrected chi connectivity index (χ3v) is 8.19. The molecule has 0 unspecified atom stereocenters. The summed E-state index contributed by atoms with van der Waals surface area (Å²) < 4.78 is 26.4. The number of hydrogen-bond donors (Lipinski definition) is 1. The molecular formula is C16H22N4O3S. The van der Waals surface area contributed by atoms with Crippen molar-refractivity contribution in [1.82, 2.24) is 19.6 Å². The van der Waals surface area contributed by atoms with Gasteiger partial charge in [0.25, 0.3) is 5.91 Å². The molecule has 2 aliphatic carbocycles. The number of nitrogens with one attached hydrogen (secondary N) is 1. The Morgan fingerprint density at radius 2 is 1.92 bits per heavy atom. The predicted octanol–water partition coefficient (Wildman–Crippen LogP) is 0.943. The summed E-state index contributed by atoms with van der Waals surface area (Å²) in [6.07, 6.45) is 9.77. The van der Waals surface area contributed by atoms with Crippen molar-refractivity contribution in [3.63, 3.8) is 0 Å². The molecule has 1 N–H and O–H groups in total. The Balaban J connectivity index is 1.38. The van der Waals surface area contributed by atoms with Crippen LogP contribution >= 0.6 is 0 Å². The van der Waals surface area contributed by atoms with Crippen molar-refractivity contribution < 1.29 is 13.2 Å². The van der Waals surface area contributed by atoms with Crippen molar-refractivity contribution in [3.05, 3.63) is 24.3 Å². The molecule has 0 bridgehead atoms. The number of hydrogen-bond acceptors (Lipinski definition) is 5. The first-order valence-corrected chi connectivity index (χ1v) is 10.1.